The Bertz CT molecular complexity index is 577. The molecule has 0 unspecified atom stereocenters. The zero-order valence-corrected chi connectivity index (χ0v) is 13.2. The summed E-state index contributed by atoms with van der Waals surface area (Å²) in [4.78, 5) is 33.6. The van der Waals surface area contributed by atoms with Crippen molar-refractivity contribution in [2.45, 2.75) is 38.8 Å². The highest BCUT2D eigenvalue weighted by Crippen LogP contribution is 2.14. The monoisotopic (exact) mass is 324 g/mol. The molecule has 0 aliphatic heterocycles. The molecule has 0 radical (unpaired) electrons. The van der Waals surface area contributed by atoms with Gasteiger partial charge in [0.15, 0.2) is 5.78 Å². The Kier molecular flexibility index (Phi) is 6.20. The van der Waals surface area contributed by atoms with E-state index in [9.17, 15) is 19.7 Å². The molecule has 23 heavy (non-hydrogen) atoms. The topological polar surface area (TPSA) is 119 Å². The second-order valence-corrected chi connectivity index (χ2v) is 5.95. The van der Waals surface area contributed by atoms with Crippen molar-refractivity contribution in [3.8, 4) is 0 Å². The van der Waals surface area contributed by atoms with Crippen LogP contribution in [0, 0.1) is 10.1 Å². The first-order valence-corrected chi connectivity index (χ1v) is 6.99. The standard InChI is InChI=1S/C15H20N2O6/c1-15(2,3)23-14(20)16-12(13(19)9-18)8-10-4-6-11(7-5-10)17(21)22/h4-7,12,18H,8-9H2,1-3H3,(H,16,20)/t12-/m0/s1. The maximum Gasteiger partial charge on any atom is 0.408 e. The fraction of sp³-hybridized carbons (Fsp3) is 0.467. The summed E-state index contributed by atoms with van der Waals surface area (Å²) in [6.45, 7) is 4.33. The molecule has 1 aromatic carbocycles. The second-order valence-electron chi connectivity index (χ2n) is 5.95. The SMILES string of the molecule is CC(C)(C)OC(=O)N[C@@H](Cc1ccc([N+](=O)[O-])cc1)C(=O)CO. The first-order chi connectivity index (χ1) is 10.6. The summed E-state index contributed by atoms with van der Waals surface area (Å²) >= 11 is 0. The number of hydrogen-bond donors (Lipinski definition) is 2. The molecular weight excluding hydrogens is 304 g/mol. The van der Waals surface area contributed by atoms with E-state index < -0.39 is 35.0 Å². The molecule has 0 aliphatic carbocycles. The van der Waals surface area contributed by atoms with E-state index in [2.05, 4.69) is 5.32 Å². The van der Waals surface area contributed by atoms with E-state index >= 15 is 0 Å². The minimum Gasteiger partial charge on any atom is -0.444 e. The number of hydrogen-bond acceptors (Lipinski definition) is 6. The molecule has 0 aromatic heterocycles. The fourth-order valence-electron chi connectivity index (χ4n) is 1.79. The third kappa shape index (κ3) is 6.43. The number of amides is 1. The van der Waals surface area contributed by atoms with E-state index in [0.717, 1.165) is 0 Å². The molecule has 8 nitrogen and oxygen atoms in total. The number of nitro groups is 1. The highest BCUT2D eigenvalue weighted by Gasteiger charge is 2.24. The van der Waals surface area contributed by atoms with Gasteiger partial charge in [0.2, 0.25) is 0 Å². The van der Waals surface area contributed by atoms with Crippen LogP contribution in [0.1, 0.15) is 26.3 Å². The molecule has 0 spiro atoms. The van der Waals surface area contributed by atoms with E-state index in [0.29, 0.717) is 5.56 Å². The van der Waals surface area contributed by atoms with E-state index in [1.165, 1.54) is 24.3 Å². The van der Waals surface area contributed by atoms with Gasteiger partial charge in [-0.05, 0) is 32.8 Å². The minimum absolute atomic E-state index is 0.0705. The van der Waals surface area contributed by atoms with Gasteiger partial charge >= 0.3 is 6.09 Å². The third-order valence-electron chi connectivity index (χ3n) is 2.82. The van der Waals surface area contributed by atoms with Crippen molar-refractivity contribution < 1.29 is 24.4 Å². The number of carbonyl (C=O) groups excluding carboxylic acids is 2. The van der Waals surface area contributed by atoms with Crippen LogP contribution in [-0.4, -0.2) is 40.2 Å². The quantitative estimate of drug-likeness (QED) is 0.606. The summed E-state index contributed by atoms with van der Waals surface area (Å²) in [5, 5.41) is 22.0. The molecule has 0 aliphatic rings. The van der Waals surface area contributed by atoms with Crippen LogP contribution in [0.15, 0.2) is 24.3 Å². The Labute approximate surface area is 133 Å². The van der Waals surface area contributed by atoms with Gasteiger partial charge in [0, 0.05) is 12.1 Å². The molecular formula is C15H20N2O6. The van der Waals surface area contributed by atoms with Gasteiger partial charge in [-0.3, -0.25) is 14.9 Å². The number of Topliss-reactive ketones (excluding diaryl/α,β-unsaturated/α-hetero) is 1. The maximum absolute atomic E-state index is 11.8. The lowest BCUT2D eigenvalue weighted by atomic mass is 10.0. The van der Waals surface area contributed by atoms with E-state index in [-0.39, 0.29) is 12.1 Å². The number of non-ortho nitro benzene ring substituents is 1. The predicted octanol–water partition coefficient (Wildman–Crippen LogP) is 1.59. The average Bonchev–Trinajstić information content (AvgIpc) is 2.44. The first kappa shape index (κ1) is 18.6. The van der Waals surface area contributed by atoms with Crippen molar-refractivity contribution in [3.05, 3.63) is 39.9 Å². The van der Waals surface area contributed by atoms with Gasteiger partial charge in [-0.1, -0.05) is 12.1 Å². The van der Waals surface area contributed by atoms with Gasteiger partial charge < -0.3 is 15.2 Å². The highest BCUT2D eigenvalue weighted by atomic mass is 16.6. The Morgan fingerprint density at radius 2 is 1.87 bits per heavy atom. The number of aliphatic hydroxyl groups is 1. The number of ether oxygens (including phenoxy) is 1. The van der Waals surface area contributed by atoms with Crippen LogP contribution >= 0.6 is 0 Å². The molecule has 0 bridgehead atoms. The van der Waals surface area contributed by atoms with E-state index in [1.807, 2.05) is 0 Å². The number of nitrogens with zero attached hydrogens (tertiary/aromatic N) is 1. The number of nitrogens with one attached hydrogen (secondary N) is 1. The zero-order valence-electron chi connectivity index (χ0n) is 13.2. The van der Waals surface area contributed by atoms with Gasteiger partial charge in [0.05, 0.1) is 11.0 Å². The third-order valence-corrected chi connectivity index (χ3v) is 2.82. The molecule has 1 atom stereocenters. The normalized spacial score (nSPS) is 12.3. The van der Waals surface area contributed by atoms with Crippen LogP contribution in [0.3, 0.4) is 0 Å². The molecule has 1 aromatic rings. The van der Waals surface area contributed by atoms with Crippen molar-refractivity contribution in [2.75, 3.05) is 6.61 Å². The molecule has 126 valence electrons. The van der Waals surface area contributed by atoms with Crippen LogP contribution in [-0.2, 0) is 16.0 Å². The number of ketones is 1. The lowest BCUT2D eigenvalue weighted by molar-refractivity contribution is -0.384. The minimum atomic E-state index is -0.976. The Balaban J connectivity index is 2.80. The molecule has 0 saturated heterocycles. The summed E-state index contributed by atoms with van der Waals surface area (Å²) in [6.07, 6.45) is -0.678. The van der Waals surface area contributed by atoms with Crippen molar-refractivity contribution >= 4 is 17.6 Å². The molecule has 1 rings (SSSR count). The van der Waals surface area contributed by atoms with E-state index in [1.54, 1.807) is 20.8 Å². The van der Waals surface area contributed by atoms with Crippen LogP contribution in [0.5, 0.6) is 0 Å². The van der Waals surface area contributed by atoms with Crippen LogP contribution in [0.4, 0.5) is 10.5 Å². The van der Waals surface area contributed by atoms with Crippen LogP contribution in [0.2, 0.25) is 0 Å². The number of benzene rings is 1. The number of carbonyl (C=O) groups is 2. The Morgan fingerprint density at radius 3 is 2.30 bits per heavy atom. The summed E-state index contributed by atoms with van der Waals surface area (Å²) in [5.41, 5.74) is -0.179. The van der Waals surface area contributed by atoms with Crippen LogP contribution < -0.4 is 5.32 Å². The average molecular weight is 324 g/mol. The highest BCUT2D eigenvalue weighted by molar-refractivity contribution is 5.88. The molecule has 0 saturated carbocycles. The molecule has 1 amide bonds. The molecule has 0 fully saturated rings. The number of rotatable bonds is 6. The Morgan fingerprint density at radius 1 is 1.30 bits per heavy atom. The van der Waals surface area contributed by atoms with Gasteiger partial charge in [0.25, 0.3) is 5.69 Å². The van der Waals surface area contributed by atoms with Crippen molar-refractivity contribution in [1.82, 2.24) is 5.32 Å². The largest absolute Gasteiger partial charge is 0.444 e. The molecule has 0 heterocycles. The number of nitro benzene ring substituents is 1. The van der Waals surface area contributed by atoms with Crippen molar-refractivity contribution in [2.24, 2.45) is 0 Å². The molecule has 2 N–H and O–H groups in total. The van der Waals surface area contributed by atoms with Gasteiger partial charge in [-0.25, -0.2) is 4.79 Å². The van der Waals surface area contributed by atoms with Gasteiger partial charge in [-0.15, -0.1) is 0 Å². The summed E-state index contributed by atoms with van der Waals surface area (Å²) in [7, 11) is 0. The lowest BCUT2D eigenvalue weighted by Gasteiger charge is -2.22. The second kappa shape index (κ2) is 7.68. The summed E-state index contributed by atoms with van der Waals surface area (Å²) in [6, 6.07) is 4.63. The summed E-state index contributed by atoms with van der Waals surface area (Å²) < 4.78 is 5.08. The maximum atomic E-state index is 11.8. The smallest absolute Gasteiger partial charge is 0.408 e. The fourth-order valence-corrected chi connectivity index (χ4v) is 1.79. The number of alkyl carbamates (subject to hydrolysis) is 1. The van der Waals surface area contributed by atoms with Crippen LogP contribution in [0.25, 0.3) is 0 Å². The van der Waals surface area contributed by atoms with E-state index in [4.69, 9.17) is 9.84 Å². The van der Waals surface area contributed by atoms with Gasteiger partial charge in [0.1, 0.15) is 12.2 Å². The summed E-state index contributed by atoms with van der Waals surface area (Å²) in [5.74, 6) is -0.575. The lowest BCUT2D eigenvalue weighted by Crippen LogP contribution is -2.45. The van der Waals surface area contributed by atoms with Gasteiger partial charge in [-0.2, -0.15) is 0 Å². The van der Waals surface area contributed by atoms with Crippen molar-refractivity contribution in [1.29, 1.82) is 0 Å². The van der Waals surface area contributed by atoms with Crippen molar-refractivity contribution in [3.63, 3.8) is 0 Å². The Hall–Kier alpha value is -2.48. The zero-order chi connectivity index (χ0) is 17.6. The number of aliphatic hydroxyl groups excluding tert-OH is 1. The molecule has 8 heteroatoms. The first-order valence-electron chi connectivity index (χ1n) is 6.99. The predicted molar refractivity (Wildman–Crippen MR) is 82.1 cm³/mol.